The average Bonchev–Trinajstić information content (AvgIpc) is 3.00. The van der Waals surface area contributed by atoms with E-state index in [4.69, 9.17) is 9.15 Å². The minimum absolute atomic E-state index is 0.0123. The largest absolute Gasteiger partial charge is 0.480 e. The molecule has 2 amide bonds. The van der Waals surface area contributed by atoms with Crippen molar-refractivity contribution in [2.75, 3.05) is 20.2 Å². The Balaban J connectivity index is 1.54. The molecule has 1 fully saturated rings. The Morgan fingerprint density at radius 3 is 2.50 bits per heavy atom. The Hall–Kier alpha value is -2.90. The number of ether oxygens (including phenoxy) is 1. The highest BCUT2D eigenvalue weighted by Gasteiger charge is 2.26. The number of nitrogens with zero attached hydrogens (tertiary/aromatic N) is 3. The van der Waals surface area contributed by atoms with Crippen LogP contribution in [0, 0.1) is 13.8 Å². The number of piperidine rings is 1. The van der Waals surface area contributed by atoms with Crippen LogP contribution >= 0.6 is 0 Å². The first-order chi connectivity index (χ1) is 12.5. The van der Waals surface area contributed by atoms with Crippen molar-refractivity contribution in [2.45, 2.75) is 32.7 Å². The van der Waals surface area contributed by atoms with Crippen molar-refractivity contribution in [1.29, 1.82) is 0 Å². The SMILES string of the molecule is COc1ccc(C(=O)N2CCC(NC(=O)c3oc(C)cc3C)CC2)nn1. The molecule has 0 aliphatic carbocycles. The molecule has 8 heteroatoms. The minimum Gasteiger partial charge on any atom is -0.480 e. The van der Waals surface area contributed by atoms with Crippen LogP contribution < -0.4 is 10.1 Å². The van der Waals surface area contributed by atoms with E-state index < -0.39 is 0 Å². The van der Waals surface area contributed by atoms with Gasteiger partial charge in [0, 0.05) is 30.8 Å². The summed E-state index contributed by atoms with van der Waals surface area (Å²) in [5, 5.41) is 10.7. The van der Waals surface area contributed by atoms with Crippen molar-refractivity contribution in [1.82, 2.24) is 20.4 Å². The Kier molecular flexibility index (Phi) is 5.20. The number of methoxy groups -OCH3 is 1. The van der Waals surface area contributed by atoms with Gasteiger partial charge in [-0.05, 0) is 38.8 Å². The zero-order chi connectivity index (χ0) is 18.7. The topological polar surface area (TPSA) is 97.6 Å². The quantitative estimate of drug-likeness (QED) is 0.894. The summed E-state index contributed by atoms with van der Waals surface area (Å²) < 4.78 is 10.4. The summed E-state index contributed by atoms with van der Waals surface area (Å²) in [5.74, 6) is 1.07. The molecule has 0 bridgehead atoms. The predicted octanol–water partition coefficient (Wildman–Crippen LogP) is 1.73. The fraction of sp³-hybridized carbons (Fsp3) is 0.444. The van der Waals surface area contributed by atoms with Gasteiger partial charge in [0.05, 0.1) is 7.11 Å². The first kappa shape index (κ1) is 17.9. The van der Waals surface area contributed by atoms with E-state index in [2.05, 4.69) is 15.5 Å². The van der Waals surface area contributed by atoms with E-state index in [1.165, 1.54) is 7.11 Å². The van der Waals surface area contributed by atoms with Gasteiger partial charge in [-0.2, -0.15) is 0 Å². The first-order valence-corrected chi connectivity index (χ1v) is 8.53. The van der Waals surface area contributed by atoms with Gasteiger partial charge in [-0.15, -0.1) is 10.2 Å². The Morgan fingerprint density at radius 1 is 1.23 bits per heavy atom. The van der Waals surface area contributed by atoms with Crippen molar-refractivity contribution >= 4 is 11.8 Å². The summed E-state index contributed by atoms with van der Waals surface area (Å²) in [6.07, 6.45) is 1.36. The molecule has 0 saturated carbocycles. The summed E-state index contributed by atoms with van der Waals surface area (Å²) in [6.45, 7) is 4.76. The number of rotatable bonds is 4. The van der Waals surface area contributed by atoms with Crippen LogP contribution in [-0.2, 0) is 0 Å². The third-order valence-electron chi connectivity index (χ3n) is 4.43. The van der Waals surface area contributed by atoms with Crippen molar-refractivity contribution in [3.8, 4) is 5.88 Å². The highest BCUT2D eigenvalue weighted by molar-refractivity contribution is 5.93. The number of aryl methyl sites for hydroxylation is 2. The lowest BCUT2D eigenvalue weighted by molar-refractivity contribution is 0.0688. The third kappa shape index (κ3) is 3.84. The van der Waals surface area contributed by atoms with Crippen LogP contribution in [0.2, 0.25) is 0 Å². The minimum atomic E-state index is -0.207. The Bertz CT molecular complexity index is 792. The molecule has 138 valence electrons. The van der Waals surface area contributed by atoms with Crippen LogP contribution in [-0.4, -0.2) is 53.2 Å². The molecular formula is C18H22N4O4. The van der Waals surface area contributed by atoms with E-state index in [1.807, 2.05) is 19.9 Å². The normalized spacial score (nSPS) is 15.0. The van der Waals surface area contributed by atoms with Crippen molar-refractivity contribution in [3.63, 3.8) is 0 Å². The zero-order valence-electron chi connectivity index (χ0n) is 15.1. The highest BCUT2D eigenvalue weighted by Crippen LogP contribution is 2.17. The van der Waals surface area contributed by atoms with Crippen molar-refractivity contribution in [3.05, 3.63) is 41.0 Å². The molecule has 8 nitrogen and oxygen atoms in total. The number of likely N-dealkylation sites (tertiary alicyclic amines) is 1. The van der Waals surface area contributed by atoms with Crippen molar-refractivity contribution in [2.24, 2.45) is 0 Å². The molecule has 0 atom stereocenters. The van der Waals surface area contributed by atoms with Gasteiger partial charge in [-0.1, -0.05) is 0 Å². The molecule has 0 radical (unpaired) electrons. The molecular weight excluding hydrogens is 336 g/mol. The van der Waals surface area contributed by atoms with Gasteiger partial charge < -0.3 is 19.4 Å². The van der Waals surface area contributed by atoms with Gasteiger partial charge in [0.1, 0.15) is 5.76 Å². The fourth-order valence-corrected chi connectivity index (χ4v) is 3.05. The second-order valence-electron chi connectivity index (χ2n) is 6.37. The number of carbonyl (C=O) groups is 2. The Morgan fingerprint density at radius 2 is 1.96 bits per heavy atom. The molecule has 26 heavy (non-hydrogen) atoms. The number of furan rings is 1. The van der Waals surface area contributed by atoms with Crippen LogP contribution in [0.4, 0.5) is 0 Å². The monoisotopic (exact) mass is 358 g/mol. The van der Waals surface area contributed by atoms with Crippen LogP contribution in [0.5, 0.6) is 5.88 Å². The van der Waals surface area contributed by atoms with Gasteiger partial charge in [-0.25, -0.2) is 0 Å². The number of carbonyl (C=O) groups excluding carboxylic acids is 2. The lowest BCUT2D eigenvalue weighted by atomic mass is 10.0. The smallest absolute Gasteiger partial charge is 0.287 e. The fourth-order valence-electron chi connectivity index (χ4n) is 3.05. The van der Waals surface area contributed by atoms with E-state index in [9.17, 15) is 9.59 Å². The second kappa shape index (κ2) is 7.55. The van der Waals surface area contributed by atoms with E-state index in [1.54, 1.807) is 17.0 Å². The van der Waals surface area contributed by atoms with Crippen molar-refractivity contribution < 1.29 is 18.7 Å². The summed E-state index contributed by atoms with van der Waals surface area (Å²) in [4.78, 5) is 26.5. The second-order valence-corrected chi connectivity index (χ2v) is 6.37. The molecule has 2 aromatic rings. The van der Waals surface area contributed by atoms with Gasteiger partial charge >= 0.3 is 0 Å². The maximum atomic E-state index is 12.5. The van der Waals surface area contributed by atoms with Crippen LogP contribution in [0.15, 0.2) is 22.6 Å². The summed E-state index contributed by atoms with van der Waals surface area (Å²) in [5.41, 5.74) is 1.11. The first-order valence-electron chi connectivity index (χ1n) is 8.53. The predicted molar refractivity (Wildman–Crippen MR) is 93.2 cm³/mol. The maximum Gasteiger partial charge on any atom is 0.287 e. The number of amides is 2. The molecule has 2 aromatic heterocycles. The van der Waals surface area contributed by atoms with E-state index >= 15 is 0 Å². The van der Waals surface area contributed by atoms with E-state index in [0.29, 0.717) is 43.3 Å². The molecule has 0 unspecified atom stereocenters. The number of hydrogen-bond acceptors (Lipinski definition) is 6. The molecule has 1 N–H and O–H groups in total. The Labute approximate surface area is 151 Å². The standard InChI is InChI=1S/C18H22N4O4/c1-11-10-12(2)26-16(11)17(23)19-13-6-8-22(9-7-13)18(24)14-4-5-15(25-3)21-20-14/h4-5,10,13H,6-9H2,1-3H3,(H,19,23). The molecule has 0 aromatic carbocycles. The summed E-state index contributed by atoms with van der Waals surface area (Å²) in [7, 11) is 1.50. The van der Waals surface area contributed by atoms with Gasteiger partial charge in [0.25, 0.3) is 11.8 Å². The van der Waals surface area contributed by atoms with E-state index in [-0.39, 0.29) is 23.6 Å². The van der Waals surface area contributed by atoms with Gasteiger partial charge in [0.15, 0.2) is 11.5 Å². The lowest BCUT2D eigenvalue weighted by Gasteiger charge is -2.32. The average molecular weight is 358 g/mol. The molecule has 3 heterocycles. The van der Waals surface area contributed by atoms with E-state index in [0.717, 1.165) is 5.56 Å². The number of nitrogens with one attached hydrogen (secondary N) is 1. The molecule has 0 spiro atoms. The lowest BCUT2D eigenvalue weighted by Crippen LogP contribution is -2.46. The number of aromatic nitrogens is 2. The molecule has 1 aliphatic rings. The van der Waals surface area contributed by atoms with Gasteiger partial charge in [-0.3, -0.25) is 9.59 Å². The zero-order valence-corrected chi connectivity index (χ0v) is 15.1. The molecule has 3 rings (SSSR count). The summed E-state index contributed by atoms with van der Waals surface area (Å²) in [6, 6.07) is 5.06. The van der Waals surface area contributed by atoms with Crippen LogP contribution in [0.3, 0.4) is 0 Å². The van der Waals surface area contributed by atoms with Crippen LogP contribution in [0.25, 0.3) is 0 Å². The van der Waals surface area contributed by atoms with Gasteiger partial charge in [0.2, 0.25) is 5.88 Å². The molecule has 1 aliphatic heterocycles. The molecule has 1 saturated heterocycles. The third-order valence-corrected chi connectivity index (χ3v) is 4.43. The highest BCUT2D eigenvalue weighted by atomic mass is 16.5. The summed E-state index contributed by atoms with van der Waals surface area (Å²) >= 11 is 0. The maximum absolute atomic E-state index is 12.5. The number of hydrogen-bond donors (Lipinski definition) is 1. The van der Waals surface area contributed by atoms with Crippen LogP contribution in [0.1, 0.15) is 45.2 Å².